The predicted octanol–water partition coefficient (Wildman–Crippen LogP) is 4.32. The molecule has 1 amide bonds. The molecule has 148 valence electrons. The molecule has 0 spiro atoms. The van der Waals surface area contributed by atoms with Gasteiger partial charge in [0.25, 0.3) is 0 Å². The van der Waals surface area contributed by atoms with Gasteiger partial charge in [0.2, 0.25) is 5.91 Å². The number of amides is 1. The molecule has 2 N–H and O–H groups in total. The number of rotatable bonds is 6. The van der Waals surface area contributed by atoms with E-state index in [-0.39, 0.29) is 40.8 Å². The first-order valence-electron chi connectivity index (χ1n) is 8.74. The van der Waals surface area contributed by atoms with E-state index in [9.17, 15) is 19.5 Å². The zero-order valence-corrected chi connectivity index (χ0v) is 16.9. The normalized spacial score (nSPS) is 10.5. The number of carboxylic acid groups (broad SMARTS) is 1. The maximum absolute atomic E-state index is 12.5. The fourth-order valence-corrected chi connectivity index (χ4v) is 3.07. The summed E-state index contributed by atoms with van der Waals surface area (Å²) < 4.78 is 4.96. The van der Waals surface area contributed by atoms with Crippen LogP contribution < -0.4 is 5.32 Å². The van der Waals surface area contributed by atoms with Crippen LogP contribution in [0.1, 0.15) is 49.9 Å². The lowest BCUT2D eigenvalue weighted by Crippen LogP contribution is -2.18. The highest BCUT2D eigenvalue weighted by Gasteiger charge is 2.21. The molecule has 0 fully saturated rings. The van der Waals surface area contributed by atoms with Crippen molar-refractivity contribution in [2.45, 2.75) is 34.1 Å². The fourth-order valence-electron chi connectivity index (χ4n) is 2.83. The molecular formula is C21H22ClNO5. The van der Waals surface area contributed by atoms with Crippen LogP contribution in [-0.4, -0.2) is 29.6 Å². The molecule has 28 heavy (non-hydrogen) atoms. The van der Waals surface area contributed by atoms with Crippen molar-refractivity contribution < 1.29 is 24.2 Å². The first-order chi connectivity index (χ1) is 13.1. The van der Waals surface area contributed by atoms with E-state index in [1.165, 1.54) is 11.6 Å². The number of nitrogens with one attached hydrogen (secondary N) is 1. The quantitative estimate of drug-likeness (QED) is 0.700. The molecule has 2 aromatic rings. The maximum atomic E-state index is 12.5. The molecule has 2 aromatic carbocycles. The van der Waals surface area contributed by atoms with Gasteiger partial charge in [-0.2, -0.15) is 0 Å². The van der Waals surface area contributed by atoms with E-state index in [1.807, 2.05) is 32.9 Å². The highest BCUT2D eigenvalue weighted by molar-refractivity contribution is 6.34. The Labute approximate surface area is 168 Å². The van der Waals surface area contributed by atoms with Crippen LogP contribution in [0.2, 0.25) is 5.02 Å². The van der Waals surface area contributed by atoms with Crippen molar-refractivity contribution in [2.75, 3.05) is 11.9 Å². The first-order valence-corrected chi connectivity index (χ1v) is 9.12. The van der Waals surface area contributed by atoms with Crippen molar-refractivity contribution in [1.29, 1.82) is 0 Å². The van der Waals surface area contributed by atoms with Gasteiger partial charge in [-0.05, 0) is 62.1 Å². The summed E-state index contributed by atoms with van der Waals surface area (Å²) in [5.74, 6) is -2.37. The minimum Gasteiger partial charge on any atom is -0.478 e. The van der Waals surface area contributed by atoms with Crippen molar-refractivity contribution in [1.82, 2.24) is 0 Å². The lowest BCUT2D eigenvalue weighted by atomic mass is 9.99. The molecule has 0 aliphatic heterocycles. The summed E-state index contributed by atoms with van der Waals surface area (Å²) in [6.45, 7) is 7.72. The largest absolute Gasteiger partial charge is 0.478 e. The summed E-state index contributed by atoms with van der Waals surface area (Å²) in [7, 11) is 0. The van der Waals surface area contributed by atoms with E-state index in [0.29, 0.717) is 0 Å². The summed E-state index contributed by atoms with van der Waals surface area (Å²) >= 11 is 6.00. The summed E-state index contributed by atoms with van der Waals surface area (Å²) in [6, 6.07) is 6.24. The van der Waals surface area contributed by atoms with Crippen LogP contribution >= 0.6 is 11.6 Å². The number of ether oxygens (including phenoxy) is 1. The van der Waals surface area contributed by atoms with Crippen molar-refractivity contribution in [3.63, 3.8) is 0 Å². The molecule has 0 aliphatic carbocycles. The second kappa shape index (κ2) is 8.89. The third-order valence-electron chi connectivity index (χ3n) is 4.46. The molecule has 0 unspecified atom stereocenters. The number of carboxylic acids is 1. The number of halogens is 1. The Morgan fingerprint density at radius 2 is 1.64 bits per heavy atom. The lowest BCUT2D eigenvalue weighted by molar-refractivity contribution is -0.115. The third-order valence-corrected chi connectivity index (χ3v) is 4.77. The van der Waals surface area contributed by atoms with E-state index in [4.69, 9.17) is 16.3 Å². The number of esters is 1. The number of aryl methyl sites for hydroxylation is 2. The Balaban J connectivity index is 2.33. The van der Waals surface area contributed by atoms with Crippen LogP contribution in [0.15, 0.2) is 24.3 Å². The van der Waals surface area contributed by atoms with Crippen LogP contribution in [0.3, 0.4) is 0 Å². The van der Waals surface area contributed by atoms with E-state index in [2.05, 4.69) is 5.32 Å². The van der Waals surface area contributed by atoms with Gasteiger partial charge in [0.05, 0.1) is 34.9 Å². The molecule has 0 aromatic heterocycles. The second-order valence-electron chi connectivity index (χ2n) is 6.48. The van der Waals surface area contributed by atoms with Crippen molar-refractivity contribution in [2.24, 2.45) is 0 Å². The Morgan fingerprint density at radius 3 is 2.18 bits per heavy atom. The number of benzene rings is 2. The average Bonchev–Trinajstić information content (AvgIpc) is 2.59. The monoisotopic (exact) mass is 403 g/mol. The van der Waals surface area contributed by atoms with Crippen LogP contribution in [0, 0.1) is 20.8 Å². The van der Waals surface area contributed by atoms with Gasteiger partial charge in [-0.3, -0.25) is 4.79 Å². The summed E-state index contributed by atoms with van der Waals surface area (Å²) in [5, 5.41) is 11.8. The number of hydrogen-bond acceptors (Lipinski definition) is 4. The van der Waals surface area contributed by atoms with Gasteiger partial charge in [0.15, 0.2) is 0 Å². The fraction of sp³-hybridized carbons (Fsp3) is 0.286. The second-order valence-corrected chi connectivity index (χ2v) is 6.89. The third kappa shape index (κ3) is 4.89. The highest BCUT2D eigenvalue weighted by atomic mass is 35.5. The average molecular weight is 404 g/mol. The predicted molar refractivity (Wildman–Crippen MR) is 107 cm³/mol. The van der Waals surface area contributed by atoms with Gasteiger partial charge in [0, 0.05) is 0 Å². The van der Waals surface area contributed by atoms with E-state index in [1.54, 1.807) is 6.92 Å². The molecule has 0 heterocycles. The van der Waals surface area contributed by atoms with Crippen LogP contribution in [0.25, 0.3) is 0 Å². The lowest BCUT2D eigenvalue weighted by Gasteiger charge is -2.13. The summed E-state index contributed by atoms with van der Waals surface area (Å²) in [5.41, 5.74) is 3.99. The number of aromatic carboxylic acids is 1. The van der Waals surface area contributed by atoms with Crippen molar-refractivity contribution in [3.8, 4) is 0 Å². The van der Waals surface area contributed by atoms with Gasteiger partial charge >= 0.3 is 11.9 Å². The van der Waals surface area contributed by atoms with E-state index < -0.39 is 11.9 Å². The molecule has 7 heteroatoms. The van der Waals surface area contributed by atoms with Crippen LogP contribution in [0.5, 0.6) is 0 Å². The zero-order valence-electron chi connectivity index (χ0n) is 16.2. The molecule has 2 rings (SSSR count). The SMILES string of the molecule is CCOC(=O)c1cc(C(=O)O)c(Cl)cc1NC(=O)Cc1cc(C)c(C)c(C)c1. The molecule has 0 radical (unpaired) electrons. The number of hydrogen-bond donors (Lipinski definition) is 2. The van der Waals surface area contributed by atoms with Crippen molar-refractivity contribution in [3.05, 3.63) is 62.7 Å². The van der Waals surface area contributed by atoms with Gasteiger partial charge in [-0.1, -0.05) is 23.7 Å². The Bertz CT molecular complexity index is 929. The van der Waals surface area contributed by atoms with Crippen LogP contribution in [-0.2, 0) is 16.0 Å². The smallest absolute Gasteiger partial charge is 0.340 e. The minimum atomic E-state index is -1.28. The van der Waals surface area contributed by atoms with Crippen LogP contribution in [0.4, 0.5) is 5.69 Å². The number of anilines is 1. The highest BCUT2D eigenvalue weighted by Crippen LogP contribution is 2.27. The molecular weight excluding hydrogens is 382 g/mol. The molecule has 0 atom stereocenters. The van der Waals surface area contributed by atoms with E-state index in [0.717, 1.165) is 22.8 Å². The summed E-state index contributed by atoms with van der Waals surface area (Å²) in [4.78, 5) is 36.0. The Hall–Kier alpha value is -2.86. The molecule has 0 saturated carbocycles. The van der Waals surface area contributed by atoms with Gasteiger partial charge in [0.1, 0.15) is 0 Å². The molecule has 0 bridgehead atoms. The molecule has 0 saturated heterocycles. The topological polar surface area (TPSA) is 92.7 Å². The molecule has 0 aliphatic rings. The first kappa shape index (κ1) is 21.4. The standard InChI is InChI=1S/C21H22ClNO5/c1-5-28-21(27)16-9-15(20(25)26)17(22)10-18(16)23-19(24)8-14-6-11(2)13(4)12(3)7-14/h6-7,9-10H,5,8H2,1-4H3,(H,23,24)(H,25,26). The summed E-state index contributed by atoms with van der Waals surface area (Å²) in [6.07, 6.45) is 0.0997. The Morgan fingerprint density at radius 1 is 1.04 bits per heavy atom. The van der Waals surface area contributed by atoms with Crippen molar-refractivity contribution >= 4 is 35.1 Å². The molecule has 6 nitrogen and oxygen atoms in total. The van der Waals surface area contributed by atoms with Gasteiger partial charge in [-0.25, -0.2) is 9.59 Å². The van der Waals surface area contributed by atoms with Gasteiger partial charge < -0.3 is 15.2 Å². The Kier molecular flexibility index (Phi) is 6.80. The number of carbonyl (C=O) groups is 3. The zero-order chi connectivity index (χ0) is 21.0. The number of carbonyl (C=O) groups excluding carboxylic acids is 2. The van der Waals surface area contributed by atoms with Gasteiger partial charge in [-0.15, -0.1) is 0 Å². The van der Waals surface area contributed by atoms with E-state index >= 15 is 0 Å². The maximum Gasteiger partial charge on any atom is 0.340 e. The minimum absolute atomic E-state index is 0.0618.